The summed E-state index contributed by atoms with van der Waals surface area (Å²) in [6.45, 7) is 7.29. The maximum absolute atomic E-state index is 13.9. The molecule has 0 N–H and O–H groups in total. The Morgan fingerprint density at radius 1 is 0.875 bits per heavy atom. The molecule has 32 heavy (non-hydrogen) atoms. The molecule has 3 heteroatoms. The first-order chi connectivity index (χ1) is 15.4. The molecule has 1 aliphatic rings. The zero-order valence-corrected chi connectivity index (χ0v) is 19.5. The third kappa shape index (κ3) is 4.34. The zero-order valence-electron chi connectivity index (χ0n) is 19.5. The van der Waals surface area contributed by atoms with Gasteiger partial charge < -0.3 is 4.57 Å². The molecule has 1 aromatic heterocycles. The van der Waals surface area contributed by atoms with Crippen molar-refractivity contribution >= 4 is 11.6 Å². The van der Waals surface area contributed by atoms with Crippen molar-refractivity contribution < 1.29 is 9.59 Å². The van der Waals surface area contributed by atoms with Crippen molar-refractivity contribution in [3.63, 3.8) is 0 Å². The molecule has 0 aliphatic heterocycles. The van der Waals surface area contributed by atoms with E-state index in [0.29, 0.717) is 17.7 Å². The lowest BCUT2D eigenvalue weighted by Gasteiger charge is -2.30. The van der Waals surface area contributed by atoms with Crippen LogP contribution in [-0.4, -0.2) is 16.1 Å². The highest BCUT2D eigenvalue weighted by atomic mass is 16.1. The minimum atomic E-state index is -0.107. The van der Waals surface area contributed by atoms with Crippen molar-refractivity contribution in [3.05, 3.63) is 83.2 Å². The summed E-state index contributed by atoms with van der Waals surface area (Å²) in [6, 6.07) is 19.4. The van der Waals surface area contributed by atoms with E-state index in [9.17, 15) is 9.59 Å². The number of carbonyl (C=O) groups is 2. The summed E-state index contributed by atoms with van der Waals surface area (Å²) in [5.41, 5.74) is 4.82. The van der Waals surface area contributed by atoms with Crippen LogP contribution >= 0.6 is 0 Å². The Bertz CT molecular complexity index is 1110. The van der Waals surface area contributed by atoms with Crippen LogP contribution in [0.2, 0.25) is 0 Å². The highest BCUT2D eigenvalue weighted by Crippen LogP contribution is 2.43. The Labute approximate surface area is 191 Å². The molecule has 0 saturated carbocycles. The molecule has 166 valence electrons. The lowest BCUT2D eigenvalue weighted by atomic mass is 9.75. The van der Waals surface area contributed by atoms with Gasteiger partial charge in [-0.25, -0.2) is 0 Å². The van der Waals surface area contributed by atoms with Crippen LogP contribution in [0.5, 0.6) is 0 Å². The highest BCUT2D eigenvalue weighted by molar-refractivity contribution is 6.17. The first kappa shape index (κ1) is 22.3. The van der Waals surface area contributed by atoms with Crippen LogP contribution < -0.4 is 0 Å². The van der Waals surface area contributed by atoms with E-state index in [0.717, 1.165) is 48.2 Å². The number of aromatic nitrogens is 1. The molecular formula is C29H33NO2. The van der Waals surface area contributed by atoms with Gasteiger partial charge in [0, 0.05) is 35.3 Å². The smallest absolute Gasteiger partial charge is 0.210 e. The molecular weight excluding hydrogens is 394 g/mol. The van der Waals surface area contributed by atoms with E-state index in [-0.39, 0.29) is 17.0 Å². The molecule has 0 atom stereocenters. The van der Waals surface area contributed by atoms with Gasteiger partial charge in [-0.3, -0.25) is 9.59 Å². The number of fused-ring (bicyclic) bond motifs is 1. The van der Waals surface area contributed by atoms with Gasteiger partial charge in [0.1, 0.15) is 0 Å². The number of unbranched alkanes of at least 4 members (excludes halogenated alkanes) is 3. The fourth-order valence-corrected chi connectivity index (χ4v) is 4.98. The summed E-state index contributed by atoms with van der Waals surface area (Å²) in [6.07, 6.45) is 5.80. The number of hydrogen-bond donors (Lipinski definition) is 0. The second-order valence-electron chi connectivity index (χ2n) is 9.76. The number of nitrogens with zero attached hydrogens (tertiary/aromatic N) is 1. The van der Waals surface area contributed by atoms with Crippen molar-refractivity contribution in [1.29, 1.82) is 0 Å². The quantitative estimate of drug-likeness (QED) is 0.283. The van der Waals surface area contributed by atoms with Crippen molar-refractivity contribution in [2.45, 2.75) is 65.8 Å². The van der Waals surface area contributed by atoms with E-state index in [1.807, 2.05) is 60.7 Å². The highest BCUT2D eigenvalue weighted by Gasteiger charge is 2.39. The monoisotopic (exact) mass is 427 g/mol. The first-order valence-corrected chi connectivity index (χ1v) is 11.9. The molecule has 3 aromatic rings. The maximum atomic E-state index is 13.9. The molecule has 0 fully saturated rings. The molecule has 0 saturated heterocycles. The molecule has 1 aliphatic carbocycles. The SMILES string of the molecule is CCCCCCn1c2c(c(-c3ccccc3)c1C(=O)c1ccccc1)C(=O)CC(C)(C)C2. The van der Waals surface area contributed by atoms with Crippen LogP contribution in [0.4, 0.5) is 0 Å². The van der Waals surface area contributed by atoms with E-state index >= 15 is 0 Å². The second kappa shape index (κ2) is 9.28. The molecule has 0 spiro atoms. The van der Waals surface area contributed by atoms with Crippen LogP contribution in [0.3, 0.4) is 0 Å². The van der Waals surface area contributed by atoms with Gasteiger partial charge in [0.25, 0.3) is 0 Å². The van der Waals surface area contributed by atoms with E-state index in [1.165, 1.54) is 12.8 Å². The van der Waals surface area contributed by atoms with Gasteiger partial charge in [0.05, 0.1) is 5.69 Å². The van der Waals surface area contributed by atoms with Gasteiger partial charge in [0.15, 0.2) is 5.78 Å². The van der Waals surface area contributed by atoms with Crippen molar-refractivity contribution in [2.24, 2.45) is 5.41 Å². The molecule has 1 heterocycles. The zero-order chi connectivity index (χ0) is 22.7. The predicted octanol–water partition coefficient (Wildman–Crippen LogP) is 7.12. The van der Waals surface area contributed by atoms with Gasteiger partial charge >= 0.3 is 0 Å². The average molecular weight is 428 g/mol. The summed E-state index contributed by atoms with van der Waals surface area (Å²) in [7, 11) is 0. The van der Waals surface area contributed by atoms with Crippen molar-refractivity contribution in [3.8, 4) is 11.1 Å². The normalized spacial score (nSPS) is 14.9. The Balaban J connectivity index is 1.96. The van der Waals surface area contributed by atoms with Crippen LogP contribution in [-0.2, 0) is 13.0 Å². The predicted molar refractivity (Wildman–Crippen MR) is 130 cm³/mol. The van der Waals surface area contributed by atoms with Crippen LogP contribution in [0.1, 0.15) is 85.0 Å². The molecule has 4 rings (SSSR count). The van der Waals surface area contributed by atoms with Crippen LogP contribution in [0, 0.1) is 5.41 Å². The Hall–Kier alpha value is -2.94. The summed E-state index contributed by atoms with van der Waals surface area (Å²) in [5.74, 6) is 0.157. The molecule has 0 radical (unpaired) electrons. The van der Waals surface area contributed by atoms with Gasteiger partial charge in [-0.1, -0.05) is 101 Å². The lowest BCUT2D eigenvalue weighted by Crippen LogP contribution is -2.28. The number of benzene rings is 2. The first-order valence-electron chi connectivity index (χ1n) is 11.9. The van der Waals surface area contributed by atoms with Crippen molar-refractivity contribution in [2.75, 3.05) is 0 Å². The fourth-order valence-electron chi connectivity index (χ4n) is 4.98. The Morgan fingerprint density at radius 3 is 2.19 bits per heavy atom. The minimum Gasteiger partial charge on any atom is -0.341 e. The second-order valence-corrected chi connectivity index (χ2v) is 9.76. The molecule has 3 nitrogen and oxygen atoms in total. The maximum Gasteiger partial charge on any atom is 0.210 e. The van der Waals surface area contributed by atoms with E-state index < -0.39 is 0 Å². The Morgan fingerprint density at radius 2 is 1.53 bits per heavy atom. The van der Waals surface area contributed by atoms with Gasteiger partial charge in [0.2, 0.25) is 5.78 Å². The van der Waals surface area contributed by atoms with Crippen LogP contribution in [0.15, 0.2) is 60.7 Å². The topological polar surface area (TPSA) is 39.1 Å². The molecule has 0 amide bonds. The molecule has 2 aromatic carbocycles. The number of hydrogen-bond acceptors (Lipinski definition) is 2. The summed E-state index contributed by atoms with van der Waals surface area (Å²) >= 11 is 0. The standard InChI is InChI=1S/C29H33NO2/c1-4-5-6-13-18-30-23-19-29(2,3)20-24(31)26(23)25(21-14-9-7-10-15-21)27(30)28(32)22-16-11-8-12-17-22/h7-12,14-17H,4-6,13,18-20H2,1-3H3. The fraction of sp³-hybridized carbons (Fsp3) is 0.379. The van der Waals surface area contributed by atoms with E-state index in [1.54, 1.807) is 0 Å². The van der Waals surface area contributed by atoms with Gasteiger partial charge in [-0.05, 0) is 23.8 Å². The van der Waals surface area contributed by atoms with E-state index in [2.05, 4.69) is 25.3 Å². The number of rotatable bonds is 8. The number of carbonyl (C=O) groups excluding carboxylic acids is 2. The summed E-state index contributed by atoms with van der Waals surface area (Å²) in [5, 5.41) is 0. The van der Waals surface area contributed by atoms with Crippen LogP contribution in [0.25, 0.3) is 11.1 Å². The molecule has 0 unspecified atom stereocenters. The largest absolute Gasteiger partial charge is 0.341 e. The molecule has 0 bridgehead atoms. The van der Waals surface area contributed by atoms with E-state index in [4.69, 9.17) is 0 Å². The third-order valence-electron chi connectivity index (χ3n) is 6.48. The minimum absolute atomic E-state index is 0.0000456. The summed E-state index contributed by atoms with van der Waals surface area (Å²) in [4.78, 5) is 27.4. The van der Waals surface area contributed by atoms with Gasteiger partial charge in [-0.2, -0.15) is 0 Å². The summed E-state index contributed by atoms with van der Waals surface area (Å²) < 4.78 is 2.20. The number of Topliss-reactive ketones (excluding diaryl/α,β-unsaturated/α-hetero) is 1. The van der Waals surface area contributed by atoms with Gasteiger partial charge in [-0.15, -0.1) is 0 Å². The third-order valence-corrected chi connectivity index (χ3v) is 6.48. The number of ketones is 2. The lowest BCUT2D eigenvalue weighted by molar-refractivity contribution is 0.0909. The Kier molecular flexibility index (Phi) is 6.45. The van der Waals surface area contributed by atoms with Crippen molar-refractivity contribution in [1.82, 2.24) is 4.57 Å². The average Bonchev–Trinajstić information content (AvgIpc) is 3.10.